The van der Waals surface area contributed by atoms with E-state index in [1.165, 1.54) is 0 Å². The number of aryl methyl sites for hydroxylation is 1. The summed E-state index contributed by atoms with van der Waals surface area (Å²) in [7, 11) is 3.30. The lowest BCUT2D eigenvalue weighted by Gasteiger charge is -2.15. The number of hydrogen-bond acceptors (Lipinski definition) is 3. The van der Waals surface area contributed by atoms with E-state index in [1.54, 1.807) is 14.2 Å². The lowest BCUT2D eigenvalue weighted by atomic mass is 10.1. The van der Waals surface area contributed by atoms with Crippen LogP contribution in [0.5, 0.6) is 11.5 Å². The first kappa shape index (κ1) is 13.0. The molecule has 0 aromatic heterocycles. The summed E-state index contributed by atoms with van der Waals surface area (Å²) in [6.45, 7) is 2.86. The smallest absolute Gasteiger partial charge is 0.145 e. The van der Waals surface area contributed by atoms with Gasteiger partial charge in [0.1, 0.15) is 11.5 Å². The van der Waals surface area contributed by atoms with Crippen molar-refractivity contribution in [2.24, 2.45) is 0 Å². The number of ether oxygens (including phenoxy) is 2. The van der Waals surface area contributed by atoms with Gasteiger partial charge in [-0.25, -0.2) is 0 Å². The van der Waals surface area contributed by atoms with E-state index in [1.807, 2.05) is 19.1 Å². The van der Waals surface area contributed by atoms with Crippen molar-refractivity contribution in [1.29, 1.82) is 0 Å². The largest absolute Gasteiger partial charge is 0.497 e. The van der Waals surface area contributed by atoms with E-state index in [9.17, 15) is 0 Å². The van der Waals surface area contributed by atoms with Crippen LogP contribution in [0.25, 0.3) is 0 Å². The molecule has 1 aromatic rings. The van der Waals surface area contributed by atoms with E-state index in [2.05, 4.69) is 5.32 Å². The number of methoxy groups -OCH3 is 2. The van der Waals surface area contributed by atoms with E-state index >= 15 is 0 Å². The Morgan fingerprint density at radius 1 is 1.25 bits per heavy atom. The van der Waals surface area contributed by atoms with Gasteiger partial charge < -0.3 is 14.8 Å². The molecule has 0 saturated carbocycles. The Morgan fingerprint density at radius 2 is 2.00 bits per heavy atom. The van der Waals surface area contributed by atoms with Gasteiger partial charge in [0.05, 0.1) is 19.9 Å². The van der Waals surface area contributed by atoms with Crippen LogP contribution in [0.4, 0.5) is 5.69 Å². The number of alkyl halides is 1. The van der Waals surface area contributed by atoms with E-state index in [4.69, 9.17) is 21.1 Å². The lowest BCUT2D eigenvalue weighted by molar-refractivity contribution is 0.395. The highest BCUT2D eigenvalue weighted by atomic mass is 35.5. The summed E-state index contributed by atoms with van der Waals surface area (Å²) in [5, 5.41) is 3.32. The number of benzene rings is 1. The molecule has 1 aromatic carbocycles. The molecule has 0 aliphatic heterocycles. The molecule has 1 N–H and O–H groups in total. The van der Waals surface area contributed by atoms with Crippen molar-refractivity contribution in [1.82, 2.24) is 0 Å². The van der Waals surface area contributed by atoms with Gasteiger partial charge in [-0.3, -0.25) is 0 Å². The number of halogens is 1. The van der Waals surface area contributed by atoms with Gasteiger partial charge in [0.15, 0.2) is 0 Å². The summed E-state index contributed by atoms with van der Waals surface area (Å²) in [5.74, 6) is 2.26. The highest BCUT2D eigenvalue weighted by Crippen LogP contribution is 2.32. The molecule has 0 saturated heterocycles. The van der Waals surface area contributed by atoms with Gasteiger partial charge >= 0.3 is 0 Å². The van der Waals surface area contributed by atoms with Crippen LogP contribution in [0, 0.1) is 6.92 Å². The zero-order valence-corrected chi connectivity index (χ0v) is 10.7. The molecule has 0 aliphatic rings. The van der Waals surface area contributed by atoms with Crippen LogP contribution >= 0.6 is 11.6 Å². The van der Waals surface area contributed by atoms with Gasteiger partial charge in [0.25, 0.3) is 0 Å². The van der Waals surface area contributed by atoms with Gasteiger partial charge in [0.2, 0.25) is 0 Å². The van der Waals surface area contributed by atoms with E-state index in [0.29, 0.717) is 5.88 Å². The van der Waals surface area contributed by atoms with Crippen LogP contribution in [-0.4, -0.2) is 26.6 Å². The zero-order chi connectivity index (χ0) is 12.0. The topological polar surface area (TPSA) is 30.5 Å². The molecule has 3 nitrogen and oxygen atoms in total. The fraction of sp³-hybridized carbons (Fsp3) is 0.500. The van der Waals surface area contributed by atoms with Crippen LogP contribution in [0.1, 0.15) is 12.0 Å². The Bertz CT molecular complexity index is 342. The lowest BCUT2D eigenvalue weighted by Crippen LogP contribution is -2.05. The number of nitrogens with one attached hydrogen (secondary N) is 1. The number of rotatable bonds is 6. The Hall–Kier alpha value is -1.09. The van der Waals surface area contributed by atoms with Gasteiger partial charge in [-0.15, -0.1) is 11.6 Å². The summed E-state index contributed by atoms with van der Waals surface area (Å²) in [4.78, 5) is 0. The minimum absolute atomic E-state index is 0.657. The molecule has 4 heteroatoms. The van der Waals surface area contributed by atoms with Crippen LogP contribution in [0.2, 0.25) is 0 Å². The monoisotopic (exact) mass is 243 g/mol. The molecule has 0 amide bonds. The fourth-order valence-corrected chi connectivity index (χ4v) is 1.64. The standard InChI is InChI=1S/C12H18ClNO2/c1-9-7-10(15-2)8-11(16-3)12(9)14-6-4-5-13/h7-8,14H,4-6H2,1-3H3. The molecule has 0 bridgehead atoms. The van der Waals surface area contributed by atoms with Crippen LogP contribution < -0.4 is 14.8 Å². The third-order valence-electron chi connectivity index (χ3n) is 2.34. The summed E-state index contributed by atoms with van der Waals surface area (Å²) in [6, 6.07) is 3.85. The first-order valence-corrected chi connectivity index (χ1v) is 5.78. The summed E-state index contributed by atoms with van der Waals surface area (Å²) in [5.41, 5.74) is 2.11. The van der Waals surface area contributed by atoms with Crippen molar-refractivity contribution < 1.29 is 9.47 Å². The second kappa shape index (κ2) is 6.48. The summed E-state index contributed by atoms with van der Waals surface area (Å²) in [6.07, 6.45) is 0.927. The number of anilines is 1. The fourth-order valence-electron chi connectivity index (χ4n) is 1.51. The van der Waals surface area contributed by atoms with Crippen molar-refractivity contribution in [2.75, 3.05) is 32.0 Å². The van der Waals surface area contributed by atoms with E-state index < -0.39 is 0 Å². The quantitative estimate of drug-likeness (QED) is 0.615. The third kappa shape index (κ3) is 3.20. The predicted octanol–water partition coefficient (Wildman–Crippen LogP) is 3.05. The van der Waals surface area contributed by atoms with Gasteiger partial charge in [-0.05, 0) is 25.0 Å². The molecular weight excluding hydrogens is 226 g/mol. The maximum absolute atomic E-state index is 5.64. The van der Waals surface area contributed by atoms with Crippen molar-refractivity contribution in [3.63, 3.8) is 0 Å². The van der Waals surface area contributed by atoms with Crippen molar-refractivity contribution in [2.45, 2.75) is 13.3 Å². The van der Waals surface area contributed by atoms with Crippen LogP contribution in [0.3, 0.4) is 0 Å². The van der Waals surface area contributed by atoms with Gasteiger partial charge in [-0.2, -0.15) is 0 Å². The molecule has 0 unspecified atom stereocenters. The molecule has 0 radical (unpaired) electrons. The Labute approximate surface area is 102 Å². The van der Waals surface area contributed by atoms with Gasteiger partial charge in [0, 0.05) is 18.5 Å². The molecule has 0 aliphatic carbocycles. The second-order valence-electron chi connectivity index (χ2n) is 3.49. The van der Waals surface area contributed by atoms with Crippen molar-refractivity contribution in [3.8, 4) is 11.5 Å². The van der Waals surface area contributed by atoms with Crippen LogP contribution in [-0.2, 0) is 0 Å². The molecule has 0 spiro atoms. The van der Waals surface area contributed by atoms with Gasteiger partial charge in [-0.1, -0.05) is 0 Å². The maximum atomic E-state index is 5.64. The minimum Gasteiger partial charge on any atom is -0.497 e. The van der Waals surface area contributed by atoms with E-state index in [-0.39, 0.29) is 0 Å². The SMILES string of the molecule is COc1cc(C)c(NCCCCl)c(OC)c1. The highest BCUT2D eigenvalue weighted by molar-refractivity contribution is 6.17. The highest BCUT2D eigenvalue weighted by Gasteiger charge is 2.08. The number of hydrogen-bond donors (Lipinski definition) is 1. The molecule has 90 valence electrons. The van der Waals surface area contributed by atoms with Crippen LogP contribution in [0.15, 0.2) is 12.1 Å². The summed E-state index contributed by atoms with van der Waals surface area (Å²) >= 11 is 5.64. The molecule has 0 atom stereocenters. The summed E-state index contributed by atoms with van der Waals surface area (Å²) < 4.78 is 10.5. The normalized spacial score (nSPS) is 10.0. The second-order valence-corrected chi connectivity index (χ2v) is 3.87. The zero-order valence-electron chi connectivity index (χ0n) is 9.97. The Morgan fingerprint density at radius 3 is 2.56 bits per heavy atom. The van der Waals surface area contributed by atoms with Crippen molar-refractivity contribution >= 4 is 17.3 Å². The molecule has 16 heavy (non-hydrogen) atoms. The molecular formula is C12H18ClNO2. The maximum Gasteiger partial charge on any atom is 0.145 e. The molecule has 1 rings (SSSR count). The minimum atomic E-state index is 0.657. The first-order chi connectivity index (χ1) is 7.72. The molecule has 0 heterocycles. The van der Waals surface area contributed by atoms with Crippen molar-refractivity contribution in [3.05, 3.63) is 17.7 Å². The van der Waals surface area contributed by atoms with E-state index in [0.717, 1.165) is 35.7 Å². The Kier molecular flexibility index (Phi) is 5.26. The third-order valence-corrected chi connectivity index (χ3v) is 2.61. The predicted molar refractivity (Wildman–Crippen MR) is 68.1 cm³/mol. The average Bonchev–Trinajstić information content (AvgIpc) is 2.30. The molecule has 0 fully saturated rings. The first-order valence-electron chi connectivity index (χ1n) is 5.25. The average molecular weight is 244 g/mol. The Balaban J connectivity index is 2.88.